The van der Waals surface area contributed by atoms with Crippen LogP contribution in [0.15, 0.2) is 29.0 Å². The third kappa shape index (κ3) is 3.13. The number of hydrogen-bond acceptors (Lipinski definition) is 7. The summed E-state index contributed by atoms with van der Waals surface area (Å²) in [5, 5.41) is 4.14. The van der Waals surface area contributed by atoms with Gasteiger partial charge in [0.15, 0.2) is 11.3 Å². The SMILES string of the molecule is FC(F)(F)c1cccc2c1c(N1CCSCC1)nc1c(-c3noc(C4CC4)n3)ncn12. The number of benzene rings is 1. The van der Waals surface area contributed by atoms with E-state index in [1.54, 1.807) is 22.2 Å². The van der Waals surface area contributed by atoms with Gasteiger partial charge in [0.2, 0.25) is 11.7 Å². The molecule has 0 atom stereocenters. The molecule has 4 heterocycles. The Morgan fingerprint density at radius 3 is 2.65 bits per heavy atom. The van der Waals surface area contributed by atoms with Crippen molar-refractivity contribution in [1.82, 2.24) is 24.5 Å². The maximum atomic E-state index is 13.9. The number of anilines is 1. The first-order chi connectivity index (χ1) is 15.0. The molecule has 1 aliphatic carbocycles. The van der Waals surface area contributed by atoms with Crippen molar-refractivity contribution in [3.63, 3.8) is 0 Å². The standard InChI is InChI=1S/C20H17F3N6OS/c21-20(22,23)12-2-1-3-13-14(12)17(28-6-8-31-9-7-28)26-18-15(24-10-29(13)18)16-25-19(30-27-16)11-4-5-11/h1-3,10-11H,4-9H2. The molecule has 1 aromatic carbocycles. The van der Waals surface area contributed by atoms with Crippen LogP contribution in [0.25, 0.3) is 28.1 Å². The van der Waals surface area contributed by atoms with Crippen LogP contribution in [0.3, 0.4) is 0 Å². The van der Waals surface area contributed by atoms with Crippen LogP contribution in [0.4, 0.5) is 19.0 Å². The Bertz CT molecular complexity index is 1290. The molecule has 11 heteroatoms. The number of hydrogen-bond donors (Lipinski definition) is 0. The molecule has 31 heavy (non-hydrogen) atoms. The number of nitrogens with zero attached hydrogens (tertiary/aromatic N) is 6. The quantitative estimate of drug-likeness (QED) is 0.462. The predicted molar refractivity (Wildman–Crippen MR) is 110 cm³/mol. The second-order valence-electron chi connectivity index (χ2n) is 7.75. The van der Waals surface area contributed by atoms with Crippen molar-refractivity contribution in [2.75, 3.05) is 29.5 Å². The third-order valence-electron chi connectivity index (χ3n) is 5.68. The number of thioether (sulfide) groups is 1. The Labute approximate surface area is 178 Å². The number of rotatable bonds is 3. The molecular weight excluding hydrogens is 429 g/mol. The summed E-state index contributed by atoms with van der Waals surface area (Å²) in [6, 6.07) is 4.19. The zero-order valence-corrected chi connectivity index (χ0v) is 17.1. The van der Waals surface area contributed by atoms with Gasteiger partial charge >= 0.3 is 6.18 Å². The lowest BCUT2D eigenvalue weighted by molar-refractivity contribution is -0.136. The third-order valence-corrected chi connectivity index (χ3v) is 6.62. The summed E-state index contributed by atoms with van der Waals surface area (Å²) in [4.78, 5) is 15.5. The fraction of sp³-hybridized carbons (Fsp3) is 0.400. The number of aromatic nitrogens is 5. The second kappa shape index (κ2) is 6.84. The summed E-state index contributed by atoms with van der Waals surface area (Å²) in [5.41, 5.74) is 0.530. The molecule has 1 saturated heterocycles. The fourth-order valence-electron chi connectivity index (χ4n) is 3.98. The number of fused-ring (bicyclic) bond motifs is 3. The summed E-state index contributed by atoms with van der Waals surface area (Å²) >= 11 is 1.78. The highest BCUT2D eigenvalue weighted by molar-refractivity contribution is 7.99. The Morgan fingerprint density at radius 1 is 1.10 bits per heavy atom. The van der Waals surface area contributed by atoms with Crippen molar-refractivity contribution < 1.29 is 17.7 Å². The second-order valence-corrected chi connectivity index (χ2v) is 8.97. The van der Waals surface area contributed by atoms with Gasteiger partial charge < -0.3 is 9.42 Å². The first-order valence-corrected chi connectivity index (χ1v) is 11.2. The van der Waals surface area contributed by atoms with E-state index in [1.807, 2.05) is 4.90 Å². The van der Waals surface area contributed by atoms with Gasteiger partial charge in [-0.05, 0) is 25.0 Å². The van der Waals surface area contributed by atoms with E-state index in [-0.39, 0.29) is 5.39 Å². The molecule has 6 rings (SSSR count). The van der Waals surface area contributed by atoms with Crippen LogP contribution in [-0.4, -0.2) is 49.1 Å². The summed E-state index contributed by atoms with van der Waals surface area (Å²) in [6.45, 7) is 1.26. The summed E-state index contributed by atoms with van der Waals surface area (Å²) in [5.74, 6) is 3.17. The molecule has 0 bridgehead atoms. The average molecular weight is 446 g/mol. The first-order valence-electron chi connectivity index (χ1n) is 10.0. The number of alkyl halides is 3. The lowest BCUT2D eigenvalue weighted by Gasteiger charge is -2.29. The molecule has 4 aromatic rings. The normalized spacial score (nSPS) is 17.7. The summed E-state index contributed by atoms with van der Waals surface area (Å²) in [6.07, 6.45) is -0.981. The van der Waals surface area contributed by atoms with Gasteiger partial charge in [-0.3, -0.25) is 4.40 Å². The van der Waals surface area contributed by atoms with Crippen LogP contribution in [0.2, 0.25) is 0 Å². The van der Waals surface area contributed by atoms with E-state index >= 15 is 0 Å². The van der Waals surface area contributed by atoms with Crippen LogP contribution in [0, 0.1) is 0 Å². The Hall–Kier alpha value is -2.82. The highest BCUT2D eigenvalue weighted by atomic mass is 32.2. The predicted octanol–water partition coefficient (Wildman–Crippen LogP) is 4.38. The van der Waals surface area contributed by atoms with Crippen LogP contribution >= 0.6 is 11.8 Å². The van der Waals surface area contributed by atoms with Gasteiger partial charge in [0.05, 0.1) is 16.5 Å². The largest absolute Gasteiger partial charge is 0.417 e. The van der Waals surface area contributed by atoms with Crippen molar-refractivity contribution in [3.8, 4) is 11.5 Å². The lowest BCUT2D eigenvalue weighted by Crippen LogP contribution is -2.33. The molecule has 2 fully saturated rings. The molecule has 0 amide bonds. The number of halogens is 3. The van der Waals surface area contributed by atoms with E-state index in [2.05, 4.69) is 15.1 Å². The van der Waals surface area contributed by atoms with Gasteiger partial charge in [0.25, 0.3) is 0 Å². The highest BCUT2D eigenvalue weighted by Gasteiger charge is 2.36. The van der Waals surface area contributed by atoms with Gasteiger partial charge in [0, 0.05) is 30.5 Å². The van der Waals surface area contributed by atoms with E-state index in [9.17, 15) is 13.2 Å². The van der Waals surface area contributed by atoms with E-state index in [4.69, 9.17) is 9.51 Å². The van der Waals surface area contributed by atoms with Crippen LogP contribution in [-0.2, 0) is 6.18 Å². The van der Waals surface area contributed by atoms with Gasteiger partial charge in [-0.15, -0.1) is 0 Å². The van der Waals surface area contributed by atoms with Crippen molar-refractivity contribution in [2.24, 2.45) is 0 Å². The smallest absolute Gasteiger partial charge is 0.354 e. The molecule has 2 aliphatic rings. The molecule has 160 valence electrons. The van der Waals surface area contributed by atoms with E-state index in [1.165, 1.54) is 12.4 Å². The maximum absolute atomic E-state index is 13.9. The van der Waals surface area contributed by atoms with Gasteiger partial charge in [-0.1, -0.05) is 11.2 Å². The van der Waals surface area contributed by atoms with Gasteiger partial charge in [-0.2, -0.15) is 29.9 Å². The van der Waals surface area contributed by atoms with E-state index < -0.39 is 11.7 Å². The Morgan fingerprint density at radius 2 is 1.90 bits per heavy atom. The van der Waals surface area contributed by atoms with Gasteiger partial charge in [-0.25, -0.2) is 9.97 Å². The minimum atomic E-state index is -4.50. The van der Waals surface area contributed by atoms with Crippen molar-refractivity contribution >= 4 is 34.1 Å². The Kier molecular flexibility index (Phi) is 4.17. The molecule has 7 nitrogen and oxygen atoms in total. The molecular formula is C20H17F3N6OS. The first kappa shape index (κ1) is 18.9. The van der Waals surface area contributed by atoms with Crippen molar-refractivity contribution in [1.29, 1.82) is 0 Å². The van der Waals surface area contributed by atoms with Gasteiger partial charge in [0.1, 0.15) is 12.1 Å². The fourth-order valence-corrected chi connectivity index (χ4v) is 4.89. The zero-order chi connectivity index (χ0) is 21.2. The van der Waals surface area contributed by atoms with Crippen LogP contribution in [0.1, 0.15) is 30.2 Å². The molecule has 1 saturated carbocycles. The van der Waals surface area contributed by atoms with Crippen molar-refractivity contribution in [3.05, 3.63) is 36.0 Å². The number of imidazole rings is 1. The summed E-state index contributed by atoms with van der Waals surface area (Å²) < 4.78 is 48.7. The van der Waals surface area contributed by atoms with E-state index in [0.29, 0.717) is 53.4 Å². The van der Waals surface area contributed by atoms with Crippen LogP contribution < -0.4 is 4.90 Å². The molecule has 0 radical (unpaired) electrons. The summed E-state index contributed by atoms with van der Waals surface area (Å²) in [7, 11) is 0. The van der Waals surface area contributed by atoms with Crippen LogP contribution in [0.5, 0.6) is 0 Å². The van der Waals surface area contributed by atoms with Crippen molar-refractivity contribution in [2.45, 2.75) is 24.9 Å². The molecule has 0 unspecified atom stereocenters. The minimum Gasteiger partial charge on any atom is -0.354 e. The monoisotopic (exact) mass is 446 g/mol. The minimum absolute atomic E-state index is 0.0881. The van der Waals surface area contributed by atoms with E-state index in [0.717, 1.165) is 30.4 Å². The topological polar surface area (TPSA) is 72.3 Å². The highest BCUT2D eigenvalue weighted by Crippen LogP contribution is 2.41. The molecule has 1 aliphatic heterocycles. The zero-order valence-electron chi connectivity index (χ0n) is 16.3. The molecule has 3 aromatic heterocycles. The maximum Gasteiger partial charge on any atom is 0.417 e. The Balaban J connectivity index is 1.62. The average Bonchev–Trinajstić information content (AvgIpc) is 3.34. The molecule has 0 N–H and O–H groups in total. The lowest BCUT2D eigenvalue weighted by atomic mass is 10.1. The molecule has 0 spiro atoms.